The van der Waals surface area contributed by atoms with E-state index in [4.69, 9.17) is 9.47 Å². The second kappa shape index (κ2) is 9.11. The average Bonchev–Trinajstić information content (AvgIpc) is 3.03. The standard InChI is InChI=1S/C21H28N4O5S/c1-15-21(16(2)23(3)22-15)31(27,28)25-12-10-24(11-13-25)20(26)9-7-17-6-8-18(29-4)19(14-17)30-5/h6-9,14H,10-13H2,1-5H3. The fourth-order valence-electron chi connectivity index (χ4n) is 3.63. The Balaban J connectivity index is 1.65. The van der Waals surface area contributed by atoms with Crippen LogP contribution >= 0.6 is 0 Å². The van der Waals surface area contributed by atoms with Crippen molar-refractivity contribution in [3.63, 3.8) is 0 Å². The summed E-state index contributed by atoms with van der Waals surface area (Å²) in [4.78, 5) is 14.5. The minimum atomic E-state index is -3.65. The highest BCUT2D eigenvalue weighted by Gasteiger charge is 2.33. The van der Waals surface area contributed by atoms with Gasteiger partial charge in [-0.05, 0) is 37.6 Å². The molecule has 9 nitrogen and oxygen atoms in total. The molecule has 0 aliphatic carbocycles. The molecule has 0 saturated carbocycles. The van der Waals surface area contributed by atoms with Crippen molar-refractivity contribution in [3.8, 4) is 11.5 Å². The zero-order chi connectivity index (χ0) is 22.8. The summed E-state index contributed by atoms with van der Waals surface area (Å²) in [6, 6.07) is 5.38. The summed E-state index contributed by atoms with van der Waals surface area (Å²) in [7, 11) is 1.19. The van der Waals surface area contributed by atoms with Gasteiger partial charge >= 0.3 is 0 Å². The fourth-order valence-corrected chi connectivity index (χ4v) is 5.46. The van der Waals surface area contributed by atoms with E-state index in [0.717, 1.165) is 5.56 Å². The second-order valence-corrected chi connectivity index (χ2v) is 9.18. The number of aromatic nitrogens is 2. The lowest BCUT2D eigenvalue weighted by molar-refractivity contribution is -0.127. The smallest absolute Gasteiger partial charge is 0.246 e. The molecule has 1 aliphatic heterocycles. The topological polar surface area (TPSA) is 94.0 Å². The molecule has 1 aliphatic rings. The van der Waals surface area contributed by atoms with Gasteiger partial charge in [-0.15, -0.1) is 0 Å². The van der Waals surface area contributed by atoms with Crippen LogP contribution in [0.5, 0.6) is 11.5 Å². The minimum absolute atomic E-state index is 0.166. The van der Waals surface area contributed by atoms with Crippen LogP contribution in [0.3, 0.4) is 0 Å². The Bertz CT molecular complexity index is 1100. The SMILES string of the molecule is COc1ccc(C=CC(=O)N2CCN(S(=O)(=O)c3c(C)nn(C)c3C)CC2)cc1OC. The van der Waals surface area contributed by atoms with Gasteiger partial charge in [-0.25, -0.2) is 8.42 Å². The molecule has 1 aromatic heterocycles. The maximum absolute atomic E-state index is 13.1. The number of piperazine rings is 1. The molecule has 0 atom stereocenters. The number of aryl methyl sites for hydroxylation is 2. The Morgan fingerprint density at radius 2 is 1.71 bits per heavy atom. The van der Waals surface area contributed by atoms with Crippen molar-refractivity contribution in [2.24, 2.45) is 7.05 Å². The number of hydrogen-bond acceptors (Lipinski definition) is 6. The number of nitrogens with zero attached hydrogens (tertiary/aromatic N) is 4. The first-order valence-electron chi connectivity index (χ1n) is 9.88. The van der Waals surface area contributed by atoms with E-state index < -0.39 is 10.0 Å². The van der Waals surface area contributed by atoms with Crippen LogP contribution < -0.4 is 9.47 Å². The highest BCUT2D eigenvalue weighted by molar-refractivity contribution is 7.89. The van der Waals surface area contributed by atoms with Crippen LogP contribution in [0.2, 0.25) is 0 Å². The van der Waals surface area contributed by atoms with Crippen molar-refractivity contribution >= 4 is 22.0 Å². The van der Waals surface area contributed by atoms with E-state index in [1.54, 1.807) is 62.9 Å². The first-order valence-corrected chi connectivity index (χ1v) is 11.3. The molecule has 0 unspecified atom stereocenters. The van der Waals surface area contributed by atoms with Crippen molar-refractivity contribution < 1.29 is 22.7 Å². The number of benzene rings is 1. The van der Waals surface area contributed by atoms with Gasteiger partial charge < -0.3 is 14.4 Å². The molecule has 0 bridgehead atoms. The monoisotopic (exact) mass is 448 g/mol. The highest BCUT2D eigenvalue weighted by atomic mass is 32.2. The second-order valence-electron chi connectivity index (χ2n) is 7.30. The zero-order valence-electron chi connectivity index (χ0n) is 18.5. The van der Waals surface area contributed by atoms with Crippen LogP contribution in [-0.4, -0.2) is 73.7 Å². The van der Waals surface area contributed by atoms with Gasteiger partial charge in [0.25, 0.3) is 0 Å². The van der Waals surface area contributed by atoms with E-state index in [1.807, 2.05) is 6.07 Å². The third kappa shape index (κ3) is 4.59. The number of rotatable bonds is 6. The Morgan fingerprint density at radius 1 is 1.06 bits per heavy atom. The lowest BCUT2D eigenvalue weighted by Crippen LogP contribution is -2.50. The van der Waals surface area contributed by atoms with Crippen molar-refractivity contribution in [3.05, 3.63) is 41.2 Å². The van der Waals surface area contributed by atoms with Gasteiger partial charge in [-0.1, -0.05) is 6.07 Å². The Morgan fingerprint density at radius 3 is 2.26 bits per heavy atom. The Hall–Kier alpha value is -2.85. The fraction of sp³-hybridized carbons (Fsp3) is 0.429. The molecule has 1 amide bonds. The quantitative estimate of drug-likeness (QED) is 0.623. The van der Waals surface area contributed by atoms with Crippen LogP contribution in [0.25, 0.3) is 6.08 Å². The van der Waals surface area contributed by atoms with Gasteiger partial charge in [0.1, 0.15) is 4.90 Å². The van der Waals surface area contributed by atoms with Gasteiger partial charge in [0.2, 0.25) is 15.9 Å². The van der Waals surface area contributed by atoms with E-state index >= 15 is 0 Å². The van der Waals surface area contributed by atoms with Gasteiger partial charge in [0.05, 0.1) is 25.6 Å². The molecule has 2 heterocycles. The first-order chi connectivity index (χ1) is 14.7. The van der Waals surface area contributed by atoms with Gasteiger partial charge in [0.15, 0.2) is 11.5 Å². The zero-order valence-corrected chi connectivity index (χ0v) is 19.3. The molecule has 0 N–H and O–H groups in total. The molecular formula is C21H28N4O5S. The van der Waals surface area contributed by atoms with E-state index in [9.17, 15) is 13.2 Å². The number of hydrogen-bond donors (Lipinski definition) is 0. The number of carbonyl (C=O) groups is 1. The predicted octanol–water partition coefficient (Wildman–Crippen LogP) is 1.60. The lowest BCUT2D eigenvalue weighted by atomic mass is 10.2. The predicted molar refractivity (Wildman–Crippen MR) is 117 cm³/mol. The average molecular weight is 449 g/mol. The number of ether oxygens (including phenoxy) is 2. The van der Waals surface area contributed by atoms with Crippen LogP contribution in [0.4, 0.5) is 0 Å². The summed E-state index contributed by atoms with van der Waals surface area (Å²) in [5.74, 6) is 1.03. The molecule has 1 saturated heterocycles. The molecule has 3 rings (SSSR count). The van der Waals surface area contributed by atoms with Crippen molar-refractivity contribution in [1.82, 2.24) is 19.0 Å². The van der Waals surface area contributed by atoms with E-state index in [-0.39, 0.29) is 23.9 Å². The third-order valence-corrected chi connectivity index (χ3v) is 7.57. The maximum atomic E-state index is 13.1. The Labute approximate surface area is 182 Å². The molecular weight excluding hydrogens is 420 g/mol. The van der Waals surface area contributed by atoms with E-state index in [2.05, 4.69) is 5.10 Å². The molecule has 10 heteroatoms. The maximum Gasteiger partial charge on any atom is 0.246 e. The summed E-state index contributed by atoms with van der Waals surface area (Å²) >= 11 is 0. The largest absolute Gasteiger partial charge is 0.493 e. The highest BCUT2D eigenvalue weighted by Crippen LogP contribution is 2.28. The van der Waals surface area contributed by atoms with Crippen molar-refractivity contribution in [2.75, 3.05) is 40.4 Å². The molecule has 168 valence electrons. The third-order valence-electron chi connectivity index (χ3n) is 5.42. The van der Waals surface area contributed by atoms with Gasteiger partial charge in [0, 0.05) is 39.3 Å². The van der Waals surface area contributed by atoms with Crippen molar-refractivity contribution in [1.29, 1.82) is 0 Å². The molecule has 2 aromatic rings. The van der Waals surface area contributed by atoms with Crippen molar-refractivity contribution in [2.45, 2.75) is 18.7 Å². The molecule has 1 aromatic carbocycles. The number of amides is 1. The number of methoxy groups -OCH3 is 2. The van der Waals surface area contributed by atoms with Crippen LogP contribution in [-0.2, 0) is 21.9 Å². The van der Waals surface area contributed by atoms with Crippen LogP contribution in [0, 0.1) is 13.8 Å². The minimum Gasteiger partial charge on any atom is -0.493 e. The lowest BCUT2D eigenvalue weighted by Gasteiger charge is -2.33. The van der Waals surface area contributed by atoms with Gasteiger partial charge in [-0.3, -0.25) is 9.48 Å². The van der Waals surface area contributed by atoms with E-state index in [1.165, 1.54) is 10.4 Å². The normalized spacial score (nSPS) is 15.5. The number of sulfonamides is 1. The summed E-state index contributed by atoms with van der Waals surface area (Å²) < 4.78 is 39.6. The van der Waals surface area contributed by atoms with Crippen LogP contribution in [0.1, 0.15) is 17.0 Å². The summed E-state index contributed by atoms with van der Waals surface area (Å²) in [5.41, 5.74) is 1.89. The first kappa shape index (κ1) is 22.8. The van der Waals surface area contributed by atoms with Crippen LogP contribution in [0.15, 0.2) is 29.2 Å². The summed E-state index contributed by atoms with van der Waals surface area (Å²) in [5, 5.41) is 4.21. The van der Waals surface area contributed by atoms with E-state index in [0.29, 0.717) is 36.0 Å². The number of carbonyl (C=O) groups excluding carboxylic acids is 1. The molecule has 1 fully saturated rings. The molecule has 31 heavy (non-hydrogen) atoms. The summed E-state index contributed by atoms with van der Waals surface area (Å²) in [6.45, 7) is 4.57. The van der Waals surface area contributed by atoms with Gasteiger partial charge in [-0.2, -0.15) is 9.40 Å². The Kier molecular flexibility index (Phi) is 6.71. The molecule has 0 spiro atoms. The molecule has 0 radical (unpaired) electrons. The summed E-state index contributed by atoms with van der Waals surface area (Å²) in [6.07, 6.45) is 3.19.